The second-order valence-corrected chi connectivity index (χ2v) is 5.23. The summed E-state index contributed by atoms with van der Waals surface area (Å²) in [4.78, 5) is 25.1. The fraction of sp³-hybridized carbons (Fsp3) is 0.667. The number of fused-ring (bicyclic) bond motifs is 1. The highest BCUT2D eigenvalue weighted by Gasteiger charge is 2.44. The number of ether oxygens (including phenoxy) is 1. The van der Waals surface area contributed by atoms with Gasteiger partial charge >= 0.3 is 5.97 Å². The molecule has 1 amide bonds. The predicted molar refractivity (Wildman–Crippen MR) is 63.4 cm³/mol. The molecule has 2 aliphatic heterocycles. The minimum Gasteiger partial charge on any atom is -0.461 e. The van der Waals surface area contributed by atoms with E-state index < -0.39 is 12.0 Å². The predicted octanol–water partition coefficient (Wildman–Crippen LogP) is 1.82. The second-order valence-electron chi connectivity index (χ2n) is 4.74. The van der Waals surface area contributed by atoms with E-state index >= 15 is 0 Å². The normalized spacial score (nSPS) is 28.1. The van der Waals surface area contributed by atoms with Crippen LogP contribution in [0, 0.1) is 0 Å². The van der Waals surface area contributed by atoms with Gasteiger partial charge in [-0.25, -0.2) is 4.79 Å². The zero-order valence-corrected chi connectivity index (χ0v) is 10.7. The molecule has 2 unspecified atom stereocenters. The molecule has 0 N–H and O–H groups in total. The molecule has 2 aliphatic rings. The standard InChI is InChI=1S/C12H16ClNO3/c1-7(2)17-12(16)10-5-8(13)3-4-9-6-11(15)14(9)10/h5,7,9-10H,3-4,6H2,1-2H3. The first-order valence-electron chi connectivity index (χ1n) is 5.87. The lowest BCUT2D eigenvalue weighted by atomic mass is 9.96. The van der Waals surface area contributed by atoms with Gasteiger partial charge in [-0.05, 0) is 32.8 Å². The lowest BCUT2D eigenvalue weighted by Crippen LogP contribution is -2.59. The monoisotopic (exact) mass is 257 g/mol. The van der Waals surface area contributed by atoms with Crippen LogP contribution in [-0.2, 0) is 14.3 Å². The molecule has 1 fully saturated rings. The van der Waals surface area contributed by atoms with Crippen molar-refractivity contribution in [1.82, 2.24) is 4.90 Å². The summed E-state index contributed by atoms with van der Waals surface area (Å²) in [7, 11) is 0. The summed E-state index contributed by atoms with van der Waals surface area (Å²) in [5.41, 5.74) is 0. The van der Waals surface area contributed by atoms with E-state index in [0.717, 1.165) is 12.8 Å². The Morgan fingerprint density at radius 3 is 2.88 bits per heavy atom. The van der Waals surface area contributed by atoms with Crippen LogP contribution in [0.4, 0.5) is 0 Å². The van der Waals surface area contributed by atoms with E-state index in [1.807, 2.05) is 0 Å². The number of hydrogen-bond donors (Lipinski definition) is 0. The van der Waals surface area contributed by atoms with E-state index in [2.05, 4.69) is 0 Å². The number of esters is 1. The van der Waals surface area contributed by atoms with Gasteiger partial charge < -0.3 is 9.64 Å². The molecular formula is C12H16ClNO3. The fourth-order valence-electron chi connectivity index (χ4n) is 2.24. The Balaban J connectivity index is 2.18. The zero-order chi connectivity index (χ0) is 12.6. The van der Waals surface area contributed by atoms with Crippen LogP contribution >= 0.6 is 11.6 Å². The van der Waals surface area contributed by atoms with Crippen LogP contribution in [0.25, 0.3) is 0 Å². The van der Waals surface area contributed by atoms with Gasteiger partial charge in [0.1, 0.15) is 6.04 Å². The number of carbonyl (C=O) groups excluding carboxylic acids is 2. The molecule has 1 saturated heterocycles. The van der Waals surface area contributed by atoms with Gasteiger partial charge in [0.25, 0.3) is 0 Å². The van der Waals surface area contributed by atoms with Crippen LogP contribution in [-0.4, -0.2) is 35.0 Å². The molecule has 17 heavy (non-hydrogen) atoms. The topological polar surface area (TPSA) is 46.6 Å². The highest BCUT2D eigenvalue weighted by molar-refractivity contribution is 6.29. The average Bonchev–Trinajstić information content (AvgIpc) is 2.33. The van der Waals surface area contributed by atoms with Gasteiger partial charge in [-0.1, -0.05) is 11.6 Å². The molecule has 0 bridgehead atoms. The SMILES string of the molecule is CC(C)OC(=O)C1C=C(Cl)CCC2CC(=O)N21. The van der Waals surface area contributed by atoms with Gasteiger partial charge in [-0.15, -0.1) is 0 Å². The minimum absolute atomic E-state index is 0.00308. The third kappa shape index (κ3) is 2.46. The maximum Gasteiger partial charge on any atom is 0.333 e. The van der Waals surface area contributed by atoms with Crippen LogP contribution in [0.15, 0.2) is 11.1 Å². The maximum absolute atomic E-state index is 11.9. The van der Waals surface area contributed by atoms with Gasteiger partial charge in [0.2, 0.25) is 5.91 Å². The summed E-state index contributed by atoms with van der Waals surface area (Å²) in [6.07, 6.45) is 3.52. The molecular weight excluding hydrogens is 242 g/mol. The van der Waals surface area contributed by atoms with Crippen LogP contribution in [0.1, 0.15) is 33.1 Å². The smallest absolute Gasteiger partial charge is 0.333 e. The van der Waals surface area contributed by atoms with Crippen molar-refractivity contribution in [3.63, 3.8) is 0 Å². The first-order chi connectivity index (χ1) is 7.99. The molecule has 2 atom stereocenters. The van der Waals surface area contributed by atoms with Crippen LogP contribution in [0.2, 0.25) is 0 Å². The summed E-state index contributed by atoms with van der Waals surface area (Å²) in [6, 6.07) is -0.502. The van der Waals surface area contributed by atoms with Crippen molar-refractivity contribution in [1.29, 1.82) is 0 Å². The minimum atomic E-state index is -0.640. The van der Waals surface area contributed by atoms with Gasteiger partial charge in [-0.2, -0.15) is 0 Å². The van der Waals surface area contributed by atoms with Crippen molar-refractivity contribution in [2.75, 3.05) is 0 Å². The Kier molecular flexibility index (Phi) is 3.43. The summed E-state index contributed by atoms with van der Waals surface area (Å²) in [6.45, 7) is 3.57. The summed E-state index contributed by atoms with van der Waals surface area (Å²) < 4.78 is 5.16. The summed E-state index contributed by atoms with van der Waals surface area (Å²) in [5.74, 6) is -0.388. The molecule has 0 aliphatic carbocycles. The van der Waals surface area contributed by atoms with Gasteiger partial charge in [0, 0.05) is 17.5 Å². The molecule has 2 heterocycles. The lowest BCUT2D eigenvalue weighted by molar-refractivity contribution is -0.164. The number of allylic oxidation sites excluding steroid dienone is 1. The molecule has 0 spiro atoms. The fourth-order valence-corrected chi connectivity index (χ4v) is 2.47. The van der Waals surface area contributed by atoms with Crippen molar-refractivity contribution in [3.8, 4) is 0 Å². The number of β-lactam (4-membered cyclic amide) rings is 1. The maximum atomic E-state index is 11.9. The number of carbonyl (C=O) groups is 2. The molecule has 2 rings (SSSR count). The number of halogens is 1. The number of rotatable bonds is 2. The van der Waals surface area contributed by atoms with Crippen molar-refractivity contribution >= 4 is 23.5 Å². The van der Waals surface area contributed by atoms with E-state index in [1.165, 1.54) is 0 Å². The van der Waals surface area contributed by atoms with Gasteiger partial charge in [0.05, 0.1) is 6.10 Å². The van der Waals surface area contributed by atoms with Crippen LogP contribution in [0.5, 0.6) is 0 Å². The van der Waals surface area contributed by atoms with Crippen LogP contribution < -0.4 is 0 Å². The van der Waals surface area contributed by atoms with E-state index in [9.17, 15) is 9.59 Å². The average molecular weight is 258 g/mol. The highest BCUT2D eigenvalue weighted by atomic mass is 35.5. The number of hydrogen-bond acceptors (Lipinski definition) is 3. The van der Waals surface area contributed by atoms with E-state index in [4.69, 9.17) is 16.3 Å². The first kappa shape index (κ1) is 12.4. The molecule has 4 nitrogen and oxygen atoms in total. The third-order valence-electron chi connectivity index (χ3n) is 3.04. The first-order valence-corrected chi connectivity index (χ1v) is 6.24. The molecule has 0 saturated carbocycles. The number of amides is 1. The number of nitrogens with zero attached hydrogens (tertiary/aromatic N) is 1. The van der Waals surface area contributed by atoms with Crippen molar-refractivity contribution in [3.05, 3.63) is 11.1 Å². The molecule has 94 valence electrons. The zero-order valence-electron chi connectivity index (χ0n) is 9.98. The van der Waals surface area contributed by atoms with E-state index in [0.29, 0.717) is 11.5 Å². The molecule has 0 aromatic carbocycles. The van der Waals surface area contributed by atoms with Crippen molar-refractivity contribution in [2.45, 2.75) is 51.3 Å². The van der Waals surface area contributed by atoms with Crippen molar-refractivity contribution in [2.24, 2.45) is 0 Å². The Labute approximate surface area is 106 Å². The quantitative estimate of drug-likeness (QED) is 0.560. The van der Waals surface area contributed by atoms with Crippen molar-refractivity contribution < 1.29 is 14.3 Å². The van der Waals surface area contributed by atoms with E-state index in [-0.39, 0.29) is 18.1 Å². The third-order valence-corrected chi connectivity index (χ3v) is 3.35. The Morgan fingerprint density at radius 2 is 2.29 bits per heavy atom. The summed E-state index contributed by atoms with van der Waals surface area (Å²) in [5, 5.41) is 0.637. The Hall–Kier alpha value is -1.03. The second kappa shape index (κ2) is 4.69. The Bertz CT molecular complexity index is 378. The lowest BCUT2D eigenvalue weighted by Gasteiger charge is -2.42. The van der Waals surface area contributed by atoms with Crippen LogP contribution in [0.3, 0.4) is 0 Å². The van der Waals surface area contributed by atoms with Gasteiger partial charge in [0.15, 0.2) is 0 Å². The van der Waals surface area contributed by atoms with Gasteiger partial charge in [-0.3, -0.25) is 4.79 Å². The van der Waals surface area contributed by atoms with E-state index in [1.54, 1.807) is 24.8 Å². The highest BCUT2D eigenvalue weighted by Crippen LogP contribution is 2.33. The molecule has 0 aromatic rings. The summed E-state index contributed by atoms with van der Waals surface area (Å²) >= 11 is 6.02. The molecule has 0 aromatic heterocycles. The largest absolute Gasteiger partial charge is 0.461 e. The Morgan fingerprint density at radius 1 is 1.59 bits per heavy atom. The molecule has 0 radical (unpaired) electrons. The molecule has 5 heteroatoms.